The van der Waals surface area contributed by atoms with Gasteiger partial charge in [0.1, 0.15) is 11.6 Å². The zero-order valence-corrected chi connectivity index (χ0v) is 14.6. The maximum atomic E-state index is 12.4. The van der Waals surface area contributed by atoms with E-state index in [1.807, 2.05) is 28.8 Å². The summed E-state index contributed by atoms with van der Waals surface area (Å²) in [4.78, 5) is 24.8. The molecule has 0 fully saturated rings. The summed E-state index contributed by atoms with van der Waals surface area (Å²) in [6.07, 6.45) is 3.16. The molecule has 3 aromatic rings. The van der Waals surface area contributed by atoms with E-state index >= 15 is 0 Å². The number of pyridine rings is 1. The Hall–Kier alpha value is -3.37. The maximum absolute atomic E-state index is 12.4. The van der Waals surface area contributed by atoms with Gasteiger partial charge in [-0.3, -0.25) is 0 Å². The van der Waals surface area contributed by atoms with Crippen LogP contribution in [0.2, 0.25) is 0 Å². The van der Waals surface area contributed by atoms with Crippen LogP contribution in [-0.4, -0.2) is 28.1 Å². The Balaban J connectivity index is 2.14. The molecular weight excluding hydrogens is 352 g/mol. The Morgan fingerprint density at radius 3 is 2.85 bits per heavy atom. The first-order valence-corrected chi connectivity index (χ1v) is 8.59. The molecule has 0 aliphatic rings. The zero-order chi connectivity index (χ0) is 18.7. The average Bonchev–Trinajstić information content (AvgIpc) is 3.23. The SMILES string of the molecule is CCOC(=O)c1cc2ccccn2c1-c1ccc(/C=C(\C#N)C(=O)O)s1. The van der Waals surface area contributed by atoms with Gasteiger partial charge < -0.3 is 14.2 Å². The van der Waals surface area contributed by atoms with Crippen molar-refractivity contribution < 1.29 is 19.4 Å². The largest absolute Gasteiger partial charge is 0.477 e. The molecule has 0 atom stereocenters. The lowest BCUT2D eigenvalue weighted by Crippen LogP contribution is -2.05. The third-order valence-corrected chi connectivity index (χ3v) is 4.71. The van der Waals surface area contributed by atoms with Crippen molar-refractivity contribution in [1.29, 1.82) is 5.26 Å². The first kappa shape index (κ1) is 17.5. The minimum absolute atomic E-state index is 0.271. The fourth-order valence-electron chi connectivity index (χ4n) is 2.58. The number of ether oxygens (including phenoxy) is 1. The highest BCUT2D eigenvalue weighted by Gasteiger charge is 2.20. The van der Waals surface area contributed by atoms with Gasteiger partial charge in [0, 0.05) is 16.6 Å². The number of rotatable bonds is 5. The predicted octanol–water partition coefficient (Wildman–Crippen LogP) is 3.84. The van der Waals surface area contributed by atoms with Crippen LogP contribution in [0.1, 0.15) is 22.2 Å². The summed E-state index contributed by atoms with van der Waals surface area (Å²) in [5.41, 5.74) is 1.62. The number of nitrogens with zero attached hydrogens (tertiary/aromatic N) is 2. The molecule has 0 aliphatic heterocycles. The Morgan fingerprint density at radius 1 is 1.35 bits per heavy atom. The van der Waals surface area contributed by atoms with E-state index in [1.54, 1.807) is 31.2 Å². The van der Waals surface area contributed by atoms with E-state index in [1.165, 1.54) is 17.4 Å². The summed E-state index contributed by atoms with van der Waals surface area (Å²) < 4.78 is 7.04. The van der Waals surface area contributed by atoms with Gasteiger partial charge in [0.25, 0.3) is 0 Å². The molecule has 0 radical (unpaired) electrons. The highest BCUT2D eigenvalue weighted by molar-refractivity contribution is 7.16. The van der Waals surface area contributed by atoms with Gasteiger partial charge in [0.2, 0.25) is 0 Å². The predicted molar refractivity (Wildman–Crippen MR) is 97.9 cm³/mol. The third kappa shape index (κ3) is 3.23. The molecule has 7 heteroatoms. The number of carbonyl (C=O) groups excluding carboxylic acids is 1. The van der Waals surface area contributed by atoms with Crippen molar-refractivity contribution in [2.24, 2.45) is 0 Å². The van der Waals surface area contributed by atoms with Crippen molar-refractivity contribution in [2.45, 2.75) is 6.92 Å². The Labute approximate surface area is 153 Å². The molecule has 0 bridgehead atoms. The third-order valence-electron chi connectivity index (χ3n) is 3.67. The van der Waals surface area contributed by atoms with E-state index in [0.717, 1.165) is 10.4 Å². The molecule has 6 nitrogen and oxygen atoms in total. The lowest BCUT2D eigenvalue weighted by atomic mass is 10.2. The molecule has 130 valence electrons. The number of nitriles is 1. The fourth-order valence-corrected chi connectivity index (χ4v) is 3.59. The minimum atomic E-state index is -1.28. The van der Waals surface area contributed by atoms with Crippen molar-refractivity contribution in [3.63, 3.8) is 0 Å². The number of carboxylic acids is 1. The Bertz CT molecular complexity index is 1070. The second kappa shape index (κ2) is 7.25. The standard InChI is InChI=1S/C19H14N2O4S/c1-2-25-19(24)15-10-13-5-3-4-8-21(13)17(15)16-7-6-14(26-16)9-12(11-20)18(22)23/h3-10H,2H2,1H3,(H,22,23)/b12-9+. The monoisotopic (exact) mass is 366 g/mol. The lowest BCUT2D eigenvalue weighted by Gasteiger charge is -2.04. The highest BCUT2D eigenvalue weighted by atomic mass is 32.1. The van der Waals surface area contributed by atoms with Crippen LogP contribution < -0.4 is 0 Å². The molecule has 3 heterocycles. The molecule has 0 aromatic carbocycles. The summed E-state index contributed by atoms with van der Waals surface area (Å²) in [7, 11) is 0. The van der Waals surface area contributed by atoms with E-state index < -0.39 is 11.9 Å². The van der Waals surface area contributed by atoms with E-state index in [9.17, 15) is 9.59 Å². The molecular formula is C19H14N2O4S. The summed E-state index contributed by atoms with van der Waals surface area (Å²) in [6, 6.07) is 12.6. The van der Waals surface area contributed by atoms with Gasteiger partial charge >= 0.3 is 11.9 Å². The van der Waals surface area contributed by atoms with Crippen LogP contribution >= 0.6 is 11.3 Å². The van der Waals surface area contributed by atoms with Gasteiger partial charge in [0.05, 0.1) is 22.7 Å². The van der Waals surface area contributed by atoms with E-state index in [0.29, 0.717) is 16.1 Å². The number of aliphatic carboxylic acids is 1. The molecule has 0 spiro atoms. The smallest absolute Gasteiger partial charge is 0.346 e. The number of carboxylic acid groups (broad SMARTS) is 1. The van der Waals surface area contributed by atoms with Crippen molar-refractivity contribution in [1.82, 2.24) is 4.40 Å². The minimum Gasteiger partial charge on any atom is -0.477 e. The zero-order valence-electron chi connectivity index (χ0n) is 13.8. The van der Waals surface area contributed by atoms with Crippen LogP contribution in [0.4, 0.5) is 0 Å². The number of hydrogen-bond donors (Lipinski definition) is 1. The fraction of sp³-hybridized carbons (Fsp3) is 0.105. The number of thiophene rings is 1. The van der Waals surface area contributed by atoms with E-state index in [4.69, 9.17) is 15.1 Å². The van der Waals surface area contributed by atoms with Crippen LogP contribution in [0.5, 0.6) is 0 Å². The molecule has 1 N–H and O–H groups in total. The second-order valence-electron chi connectivity index (χ2n) is 5.30. The van der Waals surface area contributed by atoms with E-state index in [-0.39, 0.29) is 12.2 Å². The van der Waals surface area contributed by atoms with Crippen molar-refractivity contribution in [3.05, 3.63) is 58.6 Å². The summed E-state index contributed by atoms with van der Waals surface area (Å²) >= 11 is 1.30. The van der Waals surface area contributed by atoms with E-state index in [2.05, 4.69) is 0 Å². The number of carbonyl (C=O) groups is 2. The van der Waals surface area contributed by atoms with Crippen LogP contribution in [0, 0.1) is 11.3 Å². The van der Waals surface area contributed by atoms with Crippen molar-refractivity contribution in [2.75, 3.05) is 6.61 Å². The molecule has 3 aromatic heterocycles. The highest BCUT2D eigenvalue weighted by Crippen LogP contribution is 2.34. The van der Waals surface area contributed by atoms with Crippen LogP contribution in [-0.2, 0) is 9.53 Å². The molecule has 0 aliphatic carbocycles. The van der Waals surface area contributed by atoms with Crippen LogP contribution in [0.15, 0.2) is 48.2 Å². The molecule has 0 amide bonds. The Kier molecular flexibility index (Phi) is 4.87. The number of esters is 1. The topological polar surface area (TPSA) is 91.8 Å². The van der Waals surface area contributed by atoms with Crippen LogP contribution in [0.3, 0.4) is 0 Å². The lowest BCUT2D eigenvalue weighted by molar-refractivity contribution is -0.132. The molecule has 0 unspecified atom stereocenters. The molecule has 26 heavy (non-hydrogen) atoms. The second-order valence-corrected chi connectivity index (χ2v) is 6.41. The van der Waals surface area contributed by atoms with Gasteiger partial charge in [-0.25, -0.2) is 9.59 Å². The summed E-state index contributed by atoms with van der Waals surface area (Å²) in [5.74, 6) is -1.69. The van der Waals surface area contributed by atoms with Crippen molar-refractivity contribution >= 4 is 34.9 Å². The van der Waals surface area contributed by atoms with Gasteiger partial charge in [-0.05, 0) is 43.3 Å². The Morgan fingerprint density at radius 2 is 2.15 bits per heavy atom. The summed E-state index contributed by atoms with van der Waals surface area (Å²) in [5, 5.41) is 17.9. The number of fused-ring (bicyclic) bond motifs is 1. The van der Waals surface area contributed by atoms with Crippen molar-refractivity contribution in [3.8, 4) is 16.6 Å². The van der Waals surface area contributed by atoms with Gasteiger partial charge in [-0.15, -0.1) is 11.3 Å². The first-order chi connectivity index (χ1) is 12.5. The molecule has 3 rings (SSSR count). The number of aromatic nitrogens is 1. The summed E-state index contributed by atoms with van der Waals surface area (Å²) in [6.45, 7) is 2.02. The quantitative estimate of drug-likeness (QED) is 0.421. The normalized spacial score (nSPS) is 11.3. The van der Waals surface area contributed by atoms with Gasteiger partial charge in [0.15, 0.2) is 0 Å². The molecule has 0 saturated carbocycles. The molecule has 0 saturated heterocycles. The number of hydrogen-bond acceptors (Lipinski definition) is 5. The first-order valence-electron chi connectivity index (χ1n) is 7.77. The van der Waals surface area contributed by atoms with Crippen LogP contribution in [0.25, 0.3) is 22.2 Å². The van der Waals surface area contributed by atoms with Gasteiger partial charge in [-0.2, -0.15) is 5.26 Å². The maximum Gasteiger partial charge on any atom is 0.346 e. The van der Waals surface area contributed by atoms with Gasteiger partial charge in [-0.1, -0.05) is 6.07 Å². The average molecular weight is 366 g/mol.